The summed E-state index contributed by atoms with van der Waals surface area (Å²) in [4.78, 5) is 23.4. The molecule has 4 heteroatoms. The van der Waals surface area contributed by atoms with E-state index in [1.54, 1.807) is 44.4 Å². The van der Waals surface area contributed by atoms with Crippen molar-refractivity contribution in [1.82, 2.24) is 5.32 Å². The number of nitrogens with one attached hydrogen (secondary N) is 1. The van der Waals surface area contributed by atoms with Gasteiger partial charge in [-0.2, -0.15) is 0 Å². The van der Waals surface area contributed by atoms with Gasteiger partial charge in [-0.3, -0.25) is 14.9 Å². The number of hydrogen-bond donors (Lipinski definition) is 1. The number of methoxy groups -OCH3 is 1. The zero-order valence-electron chi connectivity index (χ0n) is 10.6. The number of rotatable bonds is 5. The summed E-state index contributed by atoms with van der Waals surface area (Å²) in [6.45, 7) is 5.31. The zero-order chi connectivity index (χ0) is 13.5. The van der Waals surface area contributed by atoms with Crippen molar-refractivity contribution in [3.63, 3.8) is 0 Å². The van der Waals surface area contributed by atoms with Crippen LogP contribution < -0.4 is 10.1 Å². The van der Waals surface area contributed by atoms with Gasteiger partial charge in [0, 0.05) is 11.5 Å². The highest BCUT2D eigenvalue weighted by Gasteiger charge is 2.15. The molecule has 1 aromatic rings. The molecule has 0 fully saturated rings. The Hall–Kier alpha value is -2.10. The molecule has 1 aromatic carbocycles. The van der Waals surface area contributed by atoms with E-state index in [1.165, 1.54) is 0 Å². The molecule has 1 rings (SSSR count). The highest BCUT2D eigenvalue weighted by atomic mass is 16.5. The second kappa shape index (κ2) is 6.59. The normalized spacial score (nSPS) is 11.4. The molecule has 1 atom stereocenters. The van der Waals surface area contributed by atoms with Gasteiger partial charge in [-0.1, -0.05) is 13.0 Å². The first-order valence-electron chi connectivity index (χ1n) is 5.68. The second-order valence-electron chi connectivity index (χ2n) is 3.97. The van der Waals surface area contributed by atoms with Gasteiger partial charge in [0.05, 0.1) is 7.11 Å². The largest absolute Gasteiger partial charge is 0.497 e. The summed E-state index contributed by atoms with van der Waals surface area (Å²) in [7, 11) is 1.55. The van der Waals surface area contributed by atoms with Crippen LogP contribution >= 0.6 is 0 Å². The van der Waals surface area contributed by atoms with Crippen molar-refractivity contribution in [3.8, 4) is 5.75 Å². The predicted molar refractivity (Wildman–Crippen MR) is 69.4 cm³/mol. The van der Waals surface area contributed by atoms with Crippen molar-refractivity contribution in [2.45, 2.75) is 13.3 Å². The number of imide groups is 1. The number of carbonyl (C=O) groups excluding carboxylic acids is 2. The molecular weight excluding hydrogens is 230 g/mol. The van der Waals surface area contributed by atoms with Gasteiger partial charge in [0.15, 0.2) is 0 Å². The monoisotopic (exact) mass is 247 g/mol. The summed E-state index contributed by atoms with van der Waals surface area (Å²) in [5, 5.41) is 2.35. The smallest absolute Gasteiger partial charge is 0.257 e. The fraction of sp³-hybridized carbons (Fsp3) is 0.286. The first-order chi connectivity index (χ1) is 8.58. The minimum absolute atomic E-state index is 0.260. The molecule has 96 valence electrons. The second-order valence-corrected chi connectivity index (χ2v) is 3.97. The number of amides is 2. The van der Waals surface area contributed by atoms with Crippen molar-refractivity contribution in [3.05, 3.63) is 42.5 Å². The number of allylic oxidation sites excluding steroid dienone is 1. The van der Waals surface area contributed by atoms with Gasteiger partial charge in [0.2, 0.25) is 5.91 Å². The molecule has 0 radical (unpaired) electrons. The lowest BCUT2D eigenvalue weighted by molar-refractivity contribution is -0.123. The fourth-order valence-electron chi connectivity index (χ4n) is 1.41. The Morgan fingerprint density at radius 3 is 2.50 bits per heavy atom. The van der Waals surface area contributed by atoms with Crippen LogP contribution in [0, 0.1) is 5.92 Å². The van der Waals surface area contributed by atoms with Crippen LogP contribution in [0.4, 0.5) is 0 Å². The average molecular weight is 247 g/mol. The Labute approximate surface area is 107 Å². The first-order valence-corrected chi connectivity index (χ1v) is 5.68. The van der Waals surface area contributed by atoms with E-state index >= 15 is 0 Å². The summed E-state index contributed by atoms with van der Waals surface area (Å²) in [6, 6.07) is 6.57. The summed E-state index contributed by atoms with van der Waals surface area (Å²) in [5.41, 5.74) is 0.426. The van der Waals surface area contributed by atoms with Crippen molar-refractivity contribution in [2.24, 2.45) is 5.92 Å². The lowest BCUT2D eigenvalue weighted by Crippen LogP contribution is -2.34. The molecule has 0 aliphatic heterocycles. The molecule has 0 saturated carbocycles. The minimum Gasteiger partial charge on any atom is -0.497 e. The Balaban J connectivity index is 2.64. The zero-order valence-corrected chi connectivity index (χ0v) is 10.6. The number of benzene rings is 1. The highest BCUT2D eigenvalue weighted by Crippen LogP contribution is 2.11. The molecule has 18 heavy (non-hydrogen) atoms. The van der Waals surface area contributed by atoms with Gasteiger partial charge in [0.25, 0.3) is 5.91 Å². The summed E-state index contributed by atoms with van der Waals surface area (Å²) < 4.78 is 4.99. The van der Waals surface area contributed by atoms with Crippen LogP contribution in [0.5, 0.6) is 5.75 Å². The van der Waals surface area contributed by atoms with Gasteiger partial charge in [-0.25, -0.2) is 0 Å². The summed E-state index contributed by atoms with van der Waals surface area (Å²) in [5.74, 6) is -0.295. The average Bonchev–Trinajstić information content (AvgIpc) is 2.39. The van der Waals surface area contributed by atoms with Crippen molar-refractivity contribution < 1.29 is 14.3 Å². The quantitative estimate of drug-likeness (QED) is 0.811. The van der Waals surface area contributed by atoms with Crippen LogP contribution in [-0.4, -0.2) is 18.9 Å². The van der Waals surface area contributed by atoms with Gasteiger partial charge in [-0.05, 0) is 30.7 Å². The van der Waals surface area contributed by atoms with Crippen molar-refractivity contribution in [2.75, 3.05) is 7.11 Å². The van der Waals surface area contributed by atoms with Gasteiger partial charge < -0.3 is 4.74 Å². The van der Waals surface area contributed by atoms with Gasteiger partial charge in [-0.15, -0.1) is 6.58 Å². The highest BCUT2D eigenvalue weighted by molar-refractivity contribution is 6.05. The Kier molecular flexibility index (Phi) is 5.11. The Bertz CT molecular complexity index is 437. The molecule has 0 unspecified atom stereocenters. The van der Waals surface area contributed by atoms with Crippen molar-refractivity contribution >= 4 is 11.8 Å². The van der Waals surface area contributed by atoms with E-state index in [-0.39, 0.29) is 11.8 Å². The summed E-state index contributed by atoms with van der Waals surface area (Å²) >= 11 is 0. The number of ether oxygens (including phenoxy) is 1. The Morgan fingerprint density at radius 1 is 1.39 bits per heavy atom. The molecule has 4 nitrogen and oxygen atoms in total. The molecular formula is C14H17NO3. The van der Waals surface area contributed by atoms with Gasteiger partial charge in [0.1, 0.15) is 5.75 Å². The maximum Gasteiger partial charge on any atom is 0.257 e. The molecule has 0 saturated heterocycles. The van der Waals surface area contributed by atoms with E-state index < -0.39 is 5.91 Å². The van der Waals surface area contributed by atoms with E-state index in [0.29, 0.717) is 17.7 Å². The van der Waals surface area contributed by atoms with E-state index in [4.69, 9.17) is 4.74 Å². The third kappa shape index (κ3) is 3.73. The first kappa shape index (κ1) is 14.0. The molecule has 0 aliphatic rings. The van der Waals surface area contributed by atoms with Gasteiger partial charge >= 0.3 is 0 Å². The number of hydrogen-bond acceptors (Lipinski definition) is 3. The molecule has 0 spiro atoms. The third-order valence-corrected chi connectivity index (χ3v) is 2.56. The number of carbonyl (C=O) groups is 2. The Morgan fingerprint density at radius 2 is 2.00 bits per heavy atom. The van der Waals surface area contributed by atoms with E-state index in [1.807, 2.05) is 0 Å². The standard InChI is InChI=1S/C14H17NO3/c1-4-5-10(2)13(16)15-14(17)11-6-8-12(18-3)9-7-11/h4,6-10H,1,5H2,2-3H3,(H,15,16,17)/t10-/m1/s1. The SMILES string of the molecule is C=CC[C@@H](C)C(=O)NC(=O)c1ccc(OC)cc1. The van der Waals surface area contributed by atoms with Crippen LogP contribution in [0.3, 0.4) is 0 Å². The fourth-order valence-corrected chi connectivity index (χ4v) is 1.41. The van der Waals surface area contributed by atoms with Crippen LogP contribution in [0.1, 0.15) is 23.7 Å². The van der Waals surface area contributed by atoms with Crippen molar-refractivity contribution in [1.29, 1.82) is 0 Å². The lowest BCUT2D eigenvalue weighted by atomic mass is 10.1. The molecule has 2 amide bonds. The lowest BCUT2D eigenvalue weighted by Gasteiger charge is -2.09. The van der Waals surface area contributed by atoms with E-state index in [9.17, 15) is 9.59 Å². The molecule has 0 bridgehead atoms. The molecule has 0 aliphatic carbocycles. The third-order valence-electron chi connectivity index (χ3n) is 2.56. The van der Waals surface area contributed by atoms with Crippen LogP contribution in [-0.2, 0) is 4.79 Å². The molecule has 0 aromatic heterocycles. The molecule has 0 heterocycles. The summed E-state index contributed by atoms with van der Waals surface area (Å²) in [6.07, 6.45) is 2.20. The predicted octanol–water partition coefficient (Wildman–Crippen LogP) is 2.16. The van der Waals surface area contributed by atoms with E-state index in [0.717, 1.165) is 0 Å². The van der Waals surface area contributed by atoms with E-state index in [2.05, 4.69) is 11.9 Å². The maximum absolute atomic E-state index is 11.8. The topological polar surface area (TPSA) is 55.4 Å². The van der Waals surface area contributed by atoms with Crippen LogP contribution in [0.2, 0.25) is 0 Å². The molecule has 1 N–H and O–H groups in total. The maximum atomic E-state index is 11.8. The van der Waals surface area contributed by atoms with Crippen LogP contribution in [0.25, 0.3) is 0 Å². The van der Waals surface area contributed by atoms with Crippen LogP contribution in [0.15, 0.2) is 36.9 Å². The minimum atomic E-state index is -0.404.